The molecule has 0 aliphatic heterocycles. The third kappa shape index (κ3) is 3.30. The molecule has 0 saturated heterocycles. The van der Waals surface area contributed by atoms with Crippen LogP contribution in [0.15, 0.2) is 30.3 Å². The lowest BCUT2D eigenvalue weighted by Gasteiger charge is -2.32. The van der Waals surface area contributed by atoms with Crippen molar-refractivity contribution >= 4 is 0 Å². The smallest absolute Gasteiger partial charge is 0.0246 e. The van der Waals surface area contributed by atoms with Gasteiger partial charge in [-0.05, 0) is 44.7 Å². The molecule has 0 spiro atoms. The summed E-state index contributed by atoms with van der Waals surface area (Å²) in [5.74, 6) is 0.850. The van der Waals surface area contributed by atoms with Gasteiger partial charge >= 0.3 is 0 Å². The molecule has 2 atom stereocenters. The van der Waals surface area contributed by atoms with Crippen LogP contribution in [-0.4, -0.2) is 30.6 Å². The molecule has 1 aromatic carbocycles. The Balaban J connectivity index is 1.92. The van der Waals surface area contributed by atoms with Gasteiger partial charge in [0.2, 0.25) is 0 Å². The van der Waals surface area contributed by atoms with Gasteiger partial charge in [0.05, 0.1) is 0 Å². The monoisotopic (exact) mass is 232 g/mol. The second-order valence-electron chi connectivity index (χ2n) is 5.34. The Hall–Kier alpha value is -0.860. The van der Waals surface area contributed by atoms with Crippen LogP contribution >= 0.6 is 0 Å². The highest BCUT2D eigenvalue weighted by molar-refractivity contribution is 5.15. The lowest BCUT2D eigenvalue weighted by atomic mass is 10.0. The molecular formula is C15H24N2. The van der Waals surface area contributed by atoms with Gasteiger partial charge in [-0.25, -0.2) is 0 Å². The van der Waals surface area contributed by atoms with Crippen molar-refractivity contribution in [1.29, 1.82) is 0 Å². The van der Waals surface area contributed by atoms with E-state index in [1.165, 1.54) is 18.4 Å². The largest absolute Gasteiger partial charge is 0.329 e. The molecule has 2 N–H and O–H groups in total. The van der Waals surface area contributed by atoms with E-state index < -0.39 is 0 Å². The van der Waals surface area contributed by atoms with Gasteiger partial charge in [0, 0.05) is 18.6 Å². The molecule has 0 amide bonds. The van der Waals surface area contributed by atoms with Crippen LogP contribution in [0.4, 0.5) is 0 Å². The standard InChI is InChI=1S/C15H24N2/c1-12(10-13-6-4-3-5-7-13)17(2)15(11-16)14-8-9-14/h3-7,12,14-15H,8-11,16H2,1-2H3. The van der Waals surface area contributed by atoms with Crippen molar-refractivity contribution in [2.75, 3.05) is 13.6 Å². The van der Waals surface area contributed by atoms with Crippen LogP contribution in [0.3, 0.4) is 0 Å². The van der Waals surface area contributed by atoms with Crippen LogP contribution < -0.4 is 5.73 Å². The van der Waals surface area contributed by atoms with Crippen LogP contribution in [-0.2, 0) is 6.42 Å². The van der Waals surface area contributed by atoms with E-state index >= 15 is 0 Å². The van der Waals surface area contributed by atoms with Crippen molar-refractivity contribution in [3.8, 4) is 0 Å². The number of rotatable bonds is 6. The van der Waals surface area contributed by atoms with Gasteiger partial charge in [0.15, 0.2) is 0 Å². The van der Waals surface area contributed by atoms with Crippen LogP contribution in [0.5, 0.6) is 0 Å². The molecule has 0 bridgehead atoms. The lowest BCUT2D eigenvalue weighted by molar-refractivity contribution is 0.168. The number of nitrogens with zero attached hydrogens (tertiary/aromatic N) is 1. The van der Waals surface area contributed by atoms with Crippen LogP contribution in [0.1, 0.15) is 25.3 Å². The predicted octanol–water partition coefficient (Wildman–Crippen LogP) is 2.29. The molecule has 17 heavy (non-hydrogen) atoms. The van der Waals surface area contributed by atoms with Crippen molar-refractivity contribution in [3.05, 3.63) is 35.9 Å². The maximum absolute atomic E-state index is 5.90. The Labute approximate surface area is 105 Å². The van der Waals surface area contributed by atoms with Gasteiger partial charge in [-0.1, -0.05) is 30.3 Å². The van der Waals surface area contributed by atoms with Gasteiger partial charge < -0.3 is 5.73 Å². The molecule has 2 nitrogen and oxygen atoms in total. The second-order valence-corrected chi connectivity index (χ2v) is 5.34. The summed E-state index contributed by atoms with van der Waals surface area (Å²) in [6.07, 6.45) is 3.84. The van der Waals surface area contributed by atoms with Gasteiger partial charge in [0.1, 0.15) is 0 Å². The Kier molecular flexibility index (Phi) is 4.19. The van der Waals surface area contributed by atoms with Gasteiger partial charge in [-0.3, -0.25) is 4.90 Å². The van der Waals surface area contributed by atoms with Gasteiger partial charge in [-0.2, -0.15) is 0 Å². The Bertz CT molecular complexity index is 332. The molecule has 2 rings (SSSR count). The molecule has 1 saturated carbocycles. The first-order valence-electron chi connectivity index (χ1n) is 6.68. The summed E-state index contributed by atoms with van der Waals surface area (Å²) in [6, 6.07) is 11.9. The number of nitrogens with two attached hydrogens (primary N) is 1. The minimum absolute atomic E-state index is 0.562. The summed E-state index contributed by atoms with van der Waals surface area (Å²) in [5.41, 5.74) is 7.32. The van der Waals surface area contributed by atoms with E-state index in [0.29, 0.717) is 12.1 Å². The lowest BCUT2D eigenvalue weighted by Crippen LogP contribution is -2.45. The van der Waals surface area contributed by atoms with E-state index in [1.54, 1.807) is 0 Å². The summed E-state index contributed by atoms with van der Waals surface area (Å²) in [7, 11) is 2.23. The minimum atomic E-state index is 0.562. The Morgan fingerprint density at radius 3 is 2.47 bits per heavy atom. The zero-order chi connectivity index (χ0) is 12.3. The second kappa shape index (κ2) is 5.65. The summed E-state index contributed by atoms with van der Waals surface area (Å²) in [6.45, 7) is 3.10. The Morgan fingerprint density at radius 2 is 1.94 bits per heavy atom. The normalized spacial score (nSPS) is 19.3. The molecule has 2 unspecified atom stereocenters. The van der Waals surface area contributed by atoms with Crippen LogP contribution in [0.25, 0.3) is 0 Å². The Morgan fingerprint density at radius 1 is 1.29 bits per heavy atom. The molecule has 0 aromatic heterocycles. The van der Waals surface area contributed by atoms with Gasteiger partial charge in [-0.15, -0.1) is 0 Å². The van der Waals surface area contributed by atoms with E-state index in [9.17, 15) is 0 Å². The summed E-state index contributed by atoms with van der Waals surface area (Å²) in [5, 5.41) is 0. The van der Waals surface area contributed by atoms with Crippen LogP contribution in [0, 0.1) is 5.92 Å². The molecule has 1 aliphatic carbocycles. The maximum atomic E-state index is 5.90. The molecule has 0 heterocycles. The fourth-order valence-corrected chi connectivity index (χ4v) is 2.60. The maximum Gasteiger partial charge on any atom is 0.0246 e. The highest BCUT2D eigenvalue weighted by atomic mass is 15.2. The molecule has 94 valence electrons. The average Bonchev–Trinajstić information content (AvgIpc) is 3.15. The van der Waals surface area contributed by atoms with E-state index in [1.807, 2.05) is 0 Å². The zero-order valence-corrected chi connectivity index (χ0v) is 11.0. The molecule has 1 aromatic rings. The number of hydrogen-bond donors (Lipinski definition) is 1. The predicted molar refractivity (Wildman–Crippen MR) is 72.9 cm³/mol. The summed E-state index contributed by atoms with van der Waals surface area (Å²) >= 11 is 0. The van der Waals surface area contributed by atoms with Crippen molar-refractivity contribution in [2.24, 2.45) is 11.7 Å². The minimum Gasteiger partial charge on any atom is -0.329 e. The zero-order valence-electron chi connectivity index (χ0n) is 11.0. The summed E-state index contributed by atoms with van der Waals surface area (Å²) < 4.78 is 0. The first kappa shape index (κ1) is 12.6. The first-order valence-corrected chi connectivity index (χ1v) is 6.68. The topological polar surface area (TPSA) is 29.3 Å². The van der Waals surface area contributed by atoms with E-state index in [2.05, 4.69) is 49.2 Å². The third-order valence-electron chi connectivity index (χ3n) is 4.00. The van der Waals surface area contributed by atoms with Crippen molar-refractivity contribution in [1.82, 2.24) is 4.90 Å². The van der Waals surface area contributed by atoms with E-state index in [-0.39, 0.29) is 0 Å². The van der Waals surface area contributed by atoms with Crippen molar-refractivity contribution < 1.29 is 0 Å². The fraction of sp³-hybridized carbons (Fsp3) is 0.600. The summed E-state index contributed by atoms with van der Waals surface area (Å²) in [4.78, 5) is 2.48. The molecule has 0 radical (unpaired) electrons. The molecular weight excluding hydrogens is 208 g/mol. The molecule has 1 aliphatic rings. The number of likely N-dealkylation sites (N-methyl/N-ethyl adjacent to an activating group) is 1. The first-order chi connectivity index (χ1) is 8.22. The average molecular weight is 232 g/mol. The molecule has 1 fully saturated rings. The third-order valence-corrected chi connectivity index (χ3v) is 4.00. The molecule has 2 heteroatoms. The highest BCUT2D eigenvalue weighted by Crippen LogP contribution is 2.35. The van der Waals surface area contributed by atoms with Crippen molar-refractivity contribution in [3.63, 3.8) is 0 Å². The van der Waals surface area contributed by atoms with E-state index in [4.69, 9.17) is 5.73 Å². The van der Waals surface area contributed by atoms with Crippen LogP contribution in [0.2, 0.25) is 0 Å². The highest BCUT2D eigenvalue weighted by Gasteiger charge is 2.34. The quantitative estimate of drug-likeness (QED) is 0.815. The number of benzene rings is 1. The van der Waals surface area contributed by atoms with E-state index in [0.717, 1.165) is 18.9 Å². The SMILES string of the molecule is CC(Cc1ccccc1)N(C)C(CN)C1CC1. The fourth-order valence-electron chi connectivity index (χ4n) is 2.60. The number of hydrogen-bond acceptors (Lipinski definition) is 2. The van der Waals surface area contributed by atoms with Gasteiger partial charge in [0.25, 0.3) is 0 Å². The van der Waals surface area contributed by atoms with Crippen molar-refractivity contribution in [2.45, 2.75) is 38.3 Å².